The van der Waals surface area contributed by atoms with E-state index in [0.29, 0.717) is 17.6 Å². The van der Waals surface area contributed by atoms with Crippen LogP contribution in [-0.4, -0.2) is 55.6 Å². The molecule has 10 heteroatoms. The molecule has 1 atom stereocenters. The number of thiazole rings is 1. The molecule has 0 saturated carbocycles. The molecule has 0 aliphatic carbocycles. The summed E-state index contributed by atoms with van der Waals surface area (Å²) in [6.07, 6.45) is 1.45. The predicted molar refractivity (Wildman–Crippen MR) is 133 cm³/mol. The van der Waals surface area contributed by atoms with Crippen LogP contribution in [0.3, 0.4) is 0 Å². The molecule has 4 rings (SSSR count). The van der Waals surface area contributed by atoms with Gasteiger partial charge in [-0.15, -0.1) is 0 Å². The van der Waals surface area contributed by atoms with Gasteiger partial charge in [-0.3, -0.25) is 9.69 Å². The Kier molecular flexibility index (Phi) is 7.82. The summed E-state index contributed by atoms with van der Waals surface area (Å²) in [5.41, 5.74) is 0.925. The topological polar surface area (TPSA) is 112 Å². The van der Waals surface area contributed by atoms with Crippen LogP contribution in [-0.2, 0) is 14.8 Å². The largest absolute Gasteiger partial charge is 0.492 e. The second kappa shape index (κ2) is 10.8. The van der Waals surface area contributed by atoms with E-state index in [2.05, 4.69) is 9.88 Å². The third-order valence-corrected chi connectivity index (χ3v) is 8.27. The number of hydrogen-bond donors (Lipinski definition) is 1. The van der Waals surface area contributed by atoms with Crippen LogP contribution in [0.2, 0.25) is 0 Å². The first-order chi connectivity index (χ1) is 16.3. The lowest BCUT2D eigenvalue weighted by atomic mass is 9.90. The van der Waals surface area contributed by atoms with Crippen molar-refractivity contribution in [3.63, 3.8) is 0 Å². The number of piperidine rings is 1. The number of aromatic nitrogens is 1. The van der Waals surface area contributed by atoms with Crippen molar-refractivity contribution < 1.29 is 22.7 Å². The Morgan fingerprint density at radius 2 is 1.82 bits per heavy atom. The van der Waals surface area contributed by atoms with E-state index < -0.39 is 15.3 Å². The summed E-state index contributed by atoms with van der Waals surface area (Å²) >= 11 is 1.51. The summed E-state index contributed by atoms with van der Waals surface area (Å²) in [6, 6.07) is 15.4. The Balaban J connectivity index is 1.17. The van der Waals surface area contributed by atoms with E-state index in [1.54, 1.807) is 0 Å². The zero-order valence-electron chi connectivity index (χ0n) is 19.1. The normalized spacial score (nSPS) is 16.4. The van der Waals surface area contributed by atoms with Crippen LogP contribution in [0.15, 0.2) is 48.5 Å². The molecule has 1 unspecified atom stereocenters. The van der Waals surface area contributed by atoms with Gasteiger partial charge < -0.3 is 9.47 Å². The molecule has 0 amide bonds. The number of ether oxygens (including phenoxy) is 2. The zero-order valence-corrected chi connectivity index (χ0v) is 20.7. The van der Waals surface area contributed by atoms with Gasteiger partial charge in [0.15, 0.2) is 0 Å². The third-order valence-electron chi connectivity index (χ3n) is 6.07. The number of Topliss-reactive ketones (excluding diaryl/α,β-unsaturated/α-hetero) is 1. The number of carbonyl (C=O) groups excluding carboxylic acids is 1. The Hall–Kier alpha value is -2.53. The minimum absolute atomic E-state index is 0.00864. The number of nitrogens with zero attached hydrogens (tertiary/aromatic N) is 2. The molecule has 0 spiro atoms. The number of carbonyl (C=O) groups is 1. The van der Waals surface area contributed by atoms with E-state index >= 15 is 0 Å². The minimum Gasteiger partial charge on any atom is -0.492 e. The lowest BCUT2D eigenvalue weighted by Crippen LogP contribution is -2.39. The summed E-state index contributed by atoms with van der Waals surface area (Å²) in [4.78, 5) is 19.1. The number of rotatable bonds is 10. The summed E-state index contributed by atoms with van der Waals surface area (Å²) < 4.78 is 35.6. The second-order valence-corrected chi connectivity index (χ2v) is 11.5. The highest BCUT2D eigenvalue weighted by molar-refractivity contribution is 7.89. The molecule has 2 N–H and O–H groups in total. The van der Waals surface area contributed by atoms with Crippen LogP contribution < -0.4 is 14.6 Å². The van der Waals surface area contributed by atoms with Crippen LogP contribution in [0.1, 0.15) is 26.2 Å². The van der Waals surface area contributed by atoms with E-state index in [0.717, 1.165) is 48.4 Å². The maximum Gasteiger partial charge on any atom is 0.279 e. The molecule has 1 aliphatic heterocycles. The summed E-state index contributed by atoms with van der Waals surface area (Å²) in [6.45, 7) is 4.37. The SMILES string of the molecule is CC(CC(=O)C1CCN(CCOc2ccc(Oc3nc4ccccc4s3)cc2)CC1)S(N)(=O)=O. The average Bonchev–Trinajstić information content (AvgIpc) is 3.22. The van der Waals surface area contributed by atoms with Gasteiger partial charge in [0.25, 0.3) is 5.19 Å². The molecule has 1 aliphatic rings. The molecule has 8 nitrogen and oxygen atoms in total. The minimum atomic E-state index is -3.67. The monoisotopic (exact) mass is 503 g/mol. The highest BCUT2D eigenvalue weighted by Gasteiger charge is 2.28. The molecule has 0 radical (unpaired) electrons. The first-order valence-electron chi connectivity index (χ1n) is 11.3. The molecule has 2 heterocycles. The van der Waals surface area contributed by atoms with Gasteiger partial charge >= 0.3 is 0 Å². The van der Waals surface area contributed by atoms with Gasteiger partial charge in [-0.1, -0.05) is 23.5 Å². The van der Waals surface area contributed by atoms with Gasteiger partial charge in [0.05, 0.1) is 15.5 Å². The number of sulfonamides is 1. The molecule has 182 valence electrons. The average molecular weight is 504 g/mol. The number of hydrogen-bond acceptors (Lipinski definition) is 8. The van der Waals surface area contributed by atoms with Crippen molar-refractivity contribution in [3.05, 3.63) is 48.5 Å². The van der Waals surface area contributed by atoms with Gasteiger partial charge in [-0.25, -0.2) is 18.5 Å². The molecule has 1 aromatic heterocycles. The molecule has 0 bridgehead atoms. The van der Waals surface area contributed by atoms with Gasteiger partial charge in [-0.05, 0) is 69.3 Å². The number of ketones is 1. The molecule has 1 fully saturated rings. The Morgan fingerprint density at radius 3 is 2.50 bits per heavy atom. The van der Waals surface area contributed by atoms with Crippen molar-refractivity contribution in [2.45, 2.75) is 31.4 Å². The highest BCUT2D eigenvalue weighted by atomic mass is 32.2. The maximum atomic E-state index is 12.4. The second-order valence-electron chi connectivity index (χ2n) is 8.56. The van der Waals surface area contributed by atoms with Crippen molar-refractivity contribution in [1.29, 1.82) is 0 Å². The van der Waals surface area contributed by atoms with E-state index in [4.69, 9.17) is 14.6 Å². The molecule has 1 saturated heterocycles. The summed E-state index contributed by atoms with van der Waals surface area (Å²) in [7, 11) is -3.67. The van der Waals surface area contributed by atoms with Crippen molar-refractivity contribution in [1.82, 2.24) is 9.88 Å². The lowest BCUT2D eigenvalue weighted by molar-refractivity contribution is -0.124. The van der Waals surface area contributed by atoms with Crippen molar-refractivity contribution in [2.24, 2.45) is 11.1 Å². The number of benzene rings is 2. The molecular weight excluding hydrogens is 474 g/mol. The number of primary sulfonamides is 1. The molecular formula is C24H29N3O5S2. The van der Waals surface area contributed by atoms with Gasteiger partial charge in [-0.2, -0.15) is 0 Å². The first-order valence-corrected chi connectivity index (χ1v) is 13.7. The van der Waals surface area contributed by atoms with Crippen molar-refractivity contribution in [2.75, 3.05) is 26.2 Å². The van der Waals surface area contributed by atoms with E-state index in [1.165, 1.54) is 18.3 Å². The van der Waals surface area contributed by atoms with Crippen LogP contribution in [0.25, 0.3) is 10.2 Å². The van der Waals surface area contributed by atoms with Gasteiger partial charge in [0.1, 0.15) is 23.9 Å². The van der Waals surface area contributed by atoms with E-state index in [-0.39, 0.29) is 18.1 Å². The number of fused-ring (bicyclic) bond motifs is 1. The maximum absolute atomic E-state index is 12.4. The number of para-hydroxylation sites is 1. The van der Waals surface area contributed by atoms with E-state index in [1.807, 2.05) is 48.5 Å². The first kappa shape index (κ1) is 24.6. The summed E-state index contributed by atoms with van der Waals surface area (Å²) in [5.74, 6) is 1.36. The van der Waals surface area contributed by atoms with Crippen molar-refractivity contribution in [3.8, 4) is 16.7 Å². The Morgan fingerprint density at radius 1 is 1.15 bits per heavy atom. The molecule has 2 aromatic carbocycles. The van der Waals surface area contributed by atoms with Crippen LogP contribution in [0, 0.1) is 5.92 Å². The van der Waals surface area contributed by atoms with Crippen LogP contribution in [0.4, 0.5) is 0 Å². The lowest BCUT2D eigenvalue weighted by Gasteiger charge is -2.31. The molecule has 34 heavy (non-hydrogen) atoms. The van der Waals surface area contributed by atoms with E-state index in [9.17, 15) is 13.2 Å². The molecule has 3 aromatic rings. The quantitative estimate of drug-likeness (QED) is 0.448. The predicted octanol–water partition coefficient (Wildman–Crippen LogP) is 3.82. The highest BCUT2D eigenvalue weighted by Crippen LogP contribution is 2.31. The standard InChI is InChI=1S/C24H29N3O5S2/c1-17(34(25,29)30)16-22(28)18-10-12-27(13-11-18)14-15-31-19-6-8-20(9-7-19)32-24-26-21-4-2-3-5-23(21)33-24/h2-9,17-18H,10-16H2,1H3,(H2,25,29,30). The fraction of sp³-hybridized carbons (Fsp3) is 0.417. The summed E-state index contributed by atoms with van der Waals surface area (Å²) in [5, 5.41) is 4.91. The van der Waals surface area contributed by atoms with Crippen LogP contribution >= 0.6 is 11.3 Å². The number of nitrogens with two attached hydrogens (primary N) is 1. The van der Waals surface area contributed by atoms with Crippen LogP contribution in [0.5, 0.6) is 16.7 Å². The third kappa shape index (κ3) is 6.53. The fourth-order valence-corrected chi connectivity index (χ4v) is 5.17. The fourth-order valence-electron chi connectivity index (χ4n) is 3.94. The van der Waals surface area contributed by atoms with Gasteiger partial charge in [0, 0.05) is 18.9 Å². The van der Waals surface area contributed by atoms with Crippen molar-refractivity contribution >= 4 is 37.4 Å². The zero-order chi connectivity index (χ0) is 24.1. The Labute approximate surface area is 203 Å². The Bertz CT molecular complexity index is 1190. The van der Waals surface area contributed by atoms with Gasteiger partial charge in [0.2, 0.25) is 10.0 Å². The number of likely N-dealkylation sites (tertiary alicyclic amines) is 1. The smallest absolute Gasteiger partial charge is 0.279 e.